The number of carbonyl (C=O) groups excluding carboxylic acids is 2. The molecule has 0 aromatic carbocycles. The molecule has 0 saturated carbocycles. The summed E-state index contributed by atoms with van der Waals surface area (Å²) in [7, 11) is 1.24. The molecule has 0 bridgehead atoms. The van der Waals surface area contributed by atoms with E-state index in [0.717, 1.165) is 0 Å². The van der Waals surface area contributed by atoms with Crippen LogP contribution in [0.5, 0.6) is 0 Å². The maximum Gasteiger partial charge on any atom is 0.325 e. The van der Waals surface area contributed by atoms with Crippen molar-refractivity contribution in [3.8, 4) is 0 Å². The van der Waals surface area contributed by atoms with Crippen molar-refractivity contribution in [2.45, 2.75) is 33.2 Å². The van der Waals surface area contributed by atoms with Crippen LogP contribution in [0.2, 0.25) is 0 Å². The summed E-state index contributed by atoms with van der Waals surface area (Å²) >= 11 is 0. The molecule has 0 fully saturated rings. The Balaban J connectivity index is 4.91. The Hall–Kier alpha value is -1.79. The van der Waals surface area contributed by atoms with E-state index in [1.807, 2.05) is 6.92 Å². The average Bonchev–Trinajstić information content (AvgIpc) is 2.33. The van der Waals surface area contributed by atoms with Crippen molar-refractivity contribution in [3.05, 3.63) is 0 Å². The Labute approximate surface area is 113 Å². The van der Waals surface area contributed by atoms with Crippen molar-refractivity contribution in [2.75, 3.05) is 26.7 Å². The Morgan fingerprint density at radius 3 is 2.16 bits per heavy atom. The van der Waals surface area contributed by atoms with Crippen LogP contribution in [0.1, 0.15) is 27.2 Å². The van der Waals surface area contributed by atoms with Gasteiger partial charge in [0.25, 0.3) is 0 Å². The van der Waals surface area contributed by atoms with Crippen LogP contribution in [0.25, 0.3) is 0 Å². The molecule has 7 nitrogen and oxygen atoms in total. The quantitative estimate of drug-likeness (QED) is 0.693. The predicted octanol–water partition coefficient (Wildman–Crippen LogP) is 0.786. The number of carboxylic acids is 1. The Morgan fingerprint density at radius 2 is 1.79 bits per heavy atom. The number of nitrogens with zero attached hydrogens (tertiary/aromatic N) is 2. The number of aliphatic carboxylic acids is 1. The summed E-state index contributed by atoms with van der Waals surface area (Å²) in [5, 5.41) is 8.80. The molecule has 0 rings (SSSR count). The third-order valence-electron chi connectivity index (χ3n) is 2.49. The van der Waals surface area contributed by atoms with Crippen LogP contribution in [0.15, 0.2) is 0 Å². The van der Waals surface area contributed by atoms with E-state index in [1.54, 1.807) is 13.8 Å². The highest BCUT2D eigenvalue weighted by molar-refractivity contribution is 5.83. The number of esters is 1. The molecule has 7 heteroatoms. The van der Waals surface area contributed by atoms with Gasteiger partial charge in [0.2, 0.25) is 0 Å². The van der Waals surface area contributed by atoms with Crippen LogP contribution in [0, 0.1) is 0 Å². The van der Waals surface area contributed by atoms with Gasteiger partial charge in [-0.3, -0.25) is 9.59 Å². The zero-order valence-corrected chi connectivity index (χ0v) is 11.9. The summed E-state index contributed by atoms with van der Waals surface area (Å²) in [6.45, 7) is 5.12. The van der Waals surface area contributed by atoms with Crippen molar-refractivity contribution in [2.24, 2.45) is 0 Å². The molecular formula is C12H22N2O5. The van der Waals surface area contributed by atoms with Crippen molar-refractivity contribution < 1.29 is 24.2 Å². The van der Waals surface area contributed by atoms with Gasteiger partial charge in [-0.05, 0) is 20.3 Å². The lowest BCUT2D eigenvalue weighted by molar-refractivity contribution is -0.141. The third kappa shape index (κ3) is 6.08. The third-order valence-corrected chi connectivity index (χ3v) is 2.49. The highest BCUT2D eigenvalue weighted by Gasteiger charge is 2.26. The van der Waals surface area contributed by atoms with Gasteiger partial charge in [0.05, 0.1) is 7.11 Å². The number of hydrogen-bond donors (Lipinski definition) is 1. The van der Waals surface area contributed by atoms with Crippen molar-refractivity contribution in [3.63, 3.8) is 0 Å². The molecule has 110 valence electrons. The van der Waals surface area contributed by atoms with Gasteiger partial charge in [-0.25, -0.2) is 4.79 Å². The van der Waals surface area contributed by atoms with Crippen LogP contribution >= 0.6 is 0 Å². The summed E-state index contributed by atoms with van der Waals surface area (Å²) in [6, 6.07) is -0.690. The first-order chi connectivity index (χ1) is 8.83. The molecule has 0 aliphatic carbocycles. The lowest BCUT2D eigenvalue weighted by atomic mass is 10.3. The fraction of sp³-hybridized carbons (Fsp3) is 0.750. The normalized spacial score (nSPS) is 10.2. The number of amides is 2. The number of methoxy groups -OCH3 is 1. The van der Waals surface area contributed by atoms with Gasteiger partial charge in [0, 0.05) is 12.6 Å². The van der Waals surface area contributed by atoms with Crippen LogP contribution in [0.4, 0.5) is 4.79 Å². The van der Waals surface area contributed by atoms with Crippen LogP contribution in [0.3, 0.4) is 0 Å². The van der Waals surface area contributed by atoms with Gasteiger partial charge in [-0.1, -0.05) is 6.92 Å². The summed E-state index contributed by atoms with van der Waals surface area (Å²) in [4.78, 5) is 36.8. The summed E-state index contributed by atoms with van der Waals surface area (Å²) in [5.74, 6) is -1.61. The van der Waals surface area contributed by atoms with E-state index in [4.69, 9.17) is 5.11 Å². The maximum absolute atomic E-state index is 12.2. The van der Waals surface area contributed by atoms with Crippen LogP contribution < -0.4 is 0 Å². The molecule has 0 unspecified atom stereocenters. The van der Waals surface area contributed by atoms with Gasteiger partial charge in [0.15, 0.2) is 0 Å². The number of urea groups is 1. The zero-order valence-electron chi connectivity index (χ0n) is 11.9. The minimum absolute atomic E-state index is 0.188. The highest BCUT2D eigenvalue weighted by Crippen LogP contribution is 2.06. The predicted molar refractivity (Wildman–Crippen MR) is 68.8 cm³/mol. The number of ether oxygens (including phenoxy) is 1. The number of hydrogen-bond acceptors (Lipinski definition) is 4. The molecule has 0 aliphatic heterocycles. The molecule has 2 amide bonds. The first kappa shape index (κ1) is 17.2. The lowest BCUT2D eigenvalue weighted by Crippen LogP contribution is -2.50. The van der Waals surface area contributed by atoms with E-state index < -0.39 is 18.0 Å². The van der Waals surface area contributed by atoms with E-state index in [2.05, 4.69) is 4.74 Å². The maximum atomic E-state index is 12.2. The standard InChI is InChI=1S/C12H22N2O5/c1-5-6-13(7-10(15)16)12(18)14(9(2)3)8-11(17)19-4/h9H,5-8H2,1-4H3,(H,15,16). The molecule has 0 heterocycles. The number of carbonyl (C=O) groups is 3. The van der Waals surface area contributed by atoms with Crippen LogP contribution in [-0.2, 0) is 14.3 Å². The first-order valence-electron chi connectivity index (χ1n) is 6.17. The first-order valence-corrected chi connectivity index (χ1v) is 6.17. The summed E-state index contributed by atoms with van der Waals surface area (Å²) < 4.78 is 4.53. The van der Waals surface area contributed by atoms with E-state index >= 15 is 0 Å². The second kappa shape index (κ2) is 8.34. The molecule has 0 aromatic rings. The molecule has 0 saturated heterocycles. The molecule has 1 N–H and O–H groups in total. The van der Waals surface area contributed by atoms with E-state index in [-0.39, 0.29) is 19.1 Å². The lowest BCUT2D eigenvalue weighted by Gasteiger charge is -2.31. The molecule has 19 heavy (non-hydrogen) atoms. The Bertz CT molecular complexity index is 330. The molecule has 0 radical (unpaired) electrons. The Kier molecular flexibility index (Phi) is 7.55. The number of rotatable bonds is 7. The van der Waals surface area contributed by atoms with E-state index in [1.165, 1.54) is 16.9 Å². The molecule has 0 spiro atoms. The molecule has 0 atom stereocenters. The second-order valence-electron chi connectivity index (χ2n) is 4.40. The van der Waals surface area contributed by atoms with Gasteiger partial charge < -0.3 is 19.6 Å². The van der Waals surface area contributed by atoms with E-state index in [0.29, 0.717) is 13.0 Å². The van der Waals surface area contributed by atoms with Gasteiger partial charge >= 0.3 is 18.0 Å². The van der Waals surface area contributed by atoms with E-state index in [9.17, 15) is 14.4 Å². The largest absolute Gasteiger partial charge is 0.480 e. The minimum atomic E-state index is -1.08. The second-order valence-corrected chi connectivity index (χ2v) is 4.40. The fourth-order valence-electron chi connectivity index (χ4n) is 1.53. The summed E-state index contributed by atoms with van der Waals surface area (Å²) in [5.41, 5.74) is 0. The minimum Gasteiger partial charge on any atom is -0.480 e. The Morgan fingerprint density at radius 1 is 1.21 bits per heavy atom. The van der Waals surface area contributed by atoms with Crippen molar-refractivity contribution in [1.82, 2.24) is 9.80 Å². The smallest absolute Gasteiger partial charge is 0.325 e. The van der Waals surface area contributed by atoms with Crippen molar-refractivity contribution in [1.29, 1.82) is 0 Å². The monoisotopic (exact) mass is 274 g/mol. The van der Waals surface area contributed by atoms with Gasteiger partial charge in [-0.2, -0.15) is 0 Å². The molecule has 0 aliphatic rings. The SMILES string of the molecule is CCCN(CC(=O)O)C(=O)N(CC(=O)OC)C(C)C. The zero-order chi connectivity index (χ0) is 15.0. The highest BCUT2D eigenvalue weighted by atomic mass is 16.5. The topological polar surface area (TPSA) is 87.2 Å². The summed E-state index contributed by atoms with van der Waals surface area (Å²) in [6.07, 6.45) is 0.642. The van der Waals surface area contributed by atoms with Crippen molar-refractivity contribution >= 4 is 18.0 Å². The average molecular weight is 274 g/mol. The molecular weight excluding hydrogens is 252 g/mol. The van der Waals surface area contributed by atoms with Gasteiger partial charge in [-0.15, -0.1) is 0 Å². The fourth-order valence-corrected chi connectivity index (χ4v) is 1.53. The van der Waals surface area contributed by atoms with Crippen LogP contribution in [-0.4, -0.2) is 65.7 Å². The molecule has 0 aromatic heterocycles. The number of carboxylic acid groups (broad SMARTS) is 1. The van der Waals surface area contributed by atoms with Gasteiger partial charge in [0.1, 0.15) is 13.1 Å².